The van der Waals surface area contributed by atoms with Crippen LogP contribution in [0.5, 0.6) is 0 Å². The van der Waals surface area contributed by atoms with Crippen LogP contribution in [0.3, 0.4) is 0 Å². The first-order valence-electron chi connectivity index (χ1n) is 8.54. The Morgan fingerprint density at radius 3 is 2.36 bits per heavy atom. The number of hydrogen-bond acceptors (Lipinski definition) is 4. The van der Waals surface area contributed by atoms with Crippen LogP contribution in [-0.2, 0) is 0 Å². The van der Waals surface area contributed by atoms with Crippen molar-refractivity contribution in [2.75, 3.05) is 32.7 Å². The molecule has 0 saturated carbocycles. The van der Waals surface area contributed by atoms with Crippen LogP contribution in [0.2, 0.25) is 0 Å². The first-order chi connectivity index (χ1) is 12.1. The fraction of sp³-hybridized carbons (Fsp3) is 0.421. The first-order valence-corrected chi connectivity index (χ1v) is 8.54. The summed E-state index contributed by atoms with van der Waals surface area (Å²) in [5.41, 5.74) is 0.929. The van der Waals surface area contributed by atoms with Crippen LogP contribution >= 0.6 is 0 Å². The lowest BCUT2D eigenvalue weighted by molar-refractivity contribution is 0.0562. The lowest BCUT2D eigenvalue weighted by atomic mass is 10.1. The highest BCUT2D eigenvalue weighted by atomic mass is 19.1. The topological polar surface area (TPSA) is 39.6 Å². The molecule has 3 rings (SSSR count). The van der Waals surface area contributed by atoms with Gasteiger partial charge in [-0.1, -0.05) is 12.1 Å². The summed E-state index contributed by atoms with van der Waals surface area (Å²) < 4.78 is 27.6. The van der Waals surface area contributed by atoms with E-state index in [1.54, 1.807) is 6.20 Å². The molecule has 0 unspecified atom stereocenters. The van der Waals surface area contributed by atoms with Gasteiger partial charge >= 0.3 is 0 Å². The standard InChI is InChI=1S/C19H23F2N3O/c1-14(15-4-3-7-22-12-15)24-10-8-23(9-11-24)13-18(25)19-16(20)5-2-6-17(19)21/h2-7,12,14,18,25H,8-11,13H2,1H3/t14-,18-/m1/s1. The molecule has 2 aromatic rings. The van der Waals surface area contributed by atoms with E-state index < -0.39 is 17.7 Å². The van der Waals surface area contributed by atoms with E-state index in [4.69, 9.17) is 0 Å². The number of piperazine rings is 1. The quantitative estimate of drug-likeness (QED) is 0.903. The van der Waals surface area contributed by atoms with Gasteiger partial charge in [0.15, 0.2) is 0 Å². The number of nitrogens with zero attached hydrogens (tertiary/aromatic N) is 3. The van der Waals surface area contributed by atoms with Crippen molar-refractivity contribution >= 4 is 0 Å². The summed E-state index contributed by atoms with van der Waals surface area (Å²) in [7, 11) is 0. The van der Waals surface area contributed by atoms with E-state index in [0.717, 1.165) is 26.2 Å². The van der Waals surface area contributed by atoms with Gasteiger partial charge in [-0.15, -0.1) is 0 Å². The normalized spacial score (nSPS) is 18.9. The van der Waals surface area contributed by atoms with Crippen LogP contribution in [0.1, 0.15) is 30.2 Å². The molecule has 6 heteroatoms. The van der Waals surface area contributed by atoms with Crippen molar-refractivity contribution in [2.24, 2.45) is 0 Å². The second-order valence-corrected chi connectivity index (χ2v) is 6.45. The molecule has 1 aliphatic rings. The summed E-state index contributed by atoms with van der Waals surface area (Å²) in [5.74, 6) is -1.40. The van der Waals surface area contributed by atoms with Gasteiger partial charge in [-0.2, -0.15) is 0 Å². The van der Waals surface area contributed by atoms with Crippen LogP contribution < -0.4 is 0 Å². The molecule has 25 heavy (non-hydrogen) atoms. The Hall–Kier alpha value is -1.89. The molecule has 0 aliphatic carbocycles. The van der Waals surface area contributed by atoms with Crippen molar-refractivity contribution in [3.63, 3.8) is 0 Å². The summed E-state index contributed by atoms with van der Waals surface area (Å²) >= 11 is 0. The highest BCUT2D eigenvalue weighted by Crippen LogP contribution is 2.24. The Kier molecular flexibility index (Phi) is 5.73. The number of aliphatic hydroxyl groups excluding tert-OH is 1. The third kappa shape index (κ3) is 4.21. The monoisotopic (exact) mass is 347 g/mol. The highest BCUT2D eigenvalue weighted by molar-refractivity contribution is 5.22. The smallest absolute Gasteiger partial charge is 0.131 e. The summed E-state index contributed by atoms with van der Waals surface area (Å²) in [6, 6.07) is 7.92. The van der Waals surface area contributed by atoms with E-state index in [2.05, 4.69) is 22.9 Å². The number of aromatic nitrogens is 1. The van der Waals surface area contributed by atoms with Gasteiger partial charge in [0.25, 0.3) is 0 Å². The van der Waals surface area contributed by atoms with Gasteiger partial charge in [0, 0.05) is 51.2 Å². The van der Waals surface area contributed by atoms with Crippen molar-refractivity contribution < 1.29 is 13.9 Å². The van der Waals surface area contributed by atoms with Gasteiger partial charge in [0.1, 0.15) is 11.6 Å². The number of halogens is 2. The Labute approximate surface area is 146 Å². The molecule has 1 saturated heterocycles. The molecule has 0 radical (unpaired) electrons. The average molecular weight is 347 g/mol. The Balaban J connectivity index is 1.56. The van der Waals surface area contributed by atoms with E-state index in [9.17, 15) is 13.9 Å². The SMILES string of the molecule is C[C@H](c1cccnc1)N1CCN(C[C@@H](O)c2c(F)cccc2F)CC1. The fourth-order valence-corrected chi connectivity index (χ4v) is 3.33. The Morgan fingerprint density at radius 2 is 1.76 bits per heavy atom. The molecule has 1 fully saturated rings. The van der Waals surface area contributed by atoms with Crippen LogP contribution in [0.25, 0.3) is 0 Å². The molecule has 0 spiro atoms. The molecule has 2 atom stereocenters. The van der Waals surface area contributed by atoms with Gasteiger partial charge in [0.2, 0.25) is 0 Å². The van der Waals surface area contributed by atoms with Gasteiger partial charge in [0.05, 0.1) is 11.7 Å². The number of β-amino-alcohol motifs (C(OH)–C–C–N with tert-alkyl or cyclic N) is 1. The maximum Gasteiger partial charge on any atom is 0.131 e. The number of rotatable bonds is 5. The number of aliphatic hydroxyl groups is 1. The first kappa shape index (κ1) is 17.9. The van der Waals surface area contributed by atoms with Gasteiger partial charge in [-0.3, -0.25) is 14.8 Å². The van der Waals surface area contributed by atoms with Crippen LogP contribution in [-0.4, -0.2) is 52.6 Å². The predicted octanol–water partition coefficient (Wildman–Crippen LogP) is 2.77. The molecule has 0 amide bonds. The van der Waals surface area contributed by atoms with Crippen molar-refractivity contribution in [1.82, 2.24) is 14.8 Å². The van der Waals surface area contributed by atoms with Crippen molar-refractivity contribution in [3.8, 4) is 0 Å². The number of hydrogen-bond donors (Lipinski definition) is 1. The summed E-state index contributed by atoms with van der Waals surface area (Å²) in [6.45, 7) is 5.55. The second-order valence-electron chi connectivity index (χ2n) is 6.45. The molecule has 1 aromatic carbocycles. The molecule has 4 nitrogen and oxygen atoms in total. The van der Waals surface area contributed by atoms with Gasteiger partial charge in [-0.05, 0) is 30.7 Å². The summed E-state index contributed by atoms with van der Waals surface area (Å²) in [6.07, 6.45) is 2.47. The average Bonchev–Trinajstić information content (AvgIpc) is 2.62. The van der Waals surface area contributed by atoms with E-state index in [-0.39, 0.29) is 18.2 Å². The fourth-order valence-electron chi connectivity index (χ4n) is 3.33. The van der Waals surface area contributed by atoms with Gasteiger partial charge < -0.3 is 5.11 Å². The minimum atomic E-state index is -1.16. The van der Waals surface area contributed by atoms with E-state index in [1.807, 2.05) is 17.2 Å². The summed E-state index contributed by atoms with van der Waals surface area (Å²) in [4.78, 5) is 8.56. The zero-order valence-corrected chi connectivity index (χ0v) is 14.3. The number of pyridine rings is 1. The molecular formula is C19H23F2N3O. The summed E-state index contributed by atoms with van der Waals surface area (Å²) in [5, 5.41) is 10.2. The lowest BCUT2D eigenvalue weighted by Gasteiger charge is -2.38. The minimum Gasteiger partial charge on any atom is -0.387 e. The molecule has 134 valence electrons. The second kappa shape index (κ2) is 7.99. The molecule has 0 bridgehead atoms. The van der Waals surface area contributed by atoms with Gasteiger partial charge in [-0.25, -0.2) is 8.78 Å². The third-order valence-corrected chi connectivity index (χ3v) is 4.89. The van der Waals surface area contributed by atoms with E-state index in [0.29, 0.717) is 0 Å². The molecule has 1 N–H and O–H groups in total. The predicted molar refractivity (Wildman–Crippen MR) is 92.0 cm³/mol. The molecule has 1 aromatic heterocycles. The maximum atomic E-state index is 13.8. The van der Waals surface area contributed by atoms with Crippen molar-refractivity contribution in [3.05, 3.63) is 65.5 Å². The highest BCUT2D eigenvalue weighted by Gasteiger charge is 2.25. The molecular weight excluding hydrogens is 324 g/mol. The third-order valence-electron chi connectivity index (χ3n) is 4.89. The van der Waals surface area contributed by atoms with Crippen LogP contribution in [0.4, 0.5) is 8.78 Å². The van der Waals surface area contributed by atoms with E-state index in [1.165, 1.54) is 23.8 Å². The Bertz CT molecular complexity index is 670. The molecule has 2 heterocycles. The minimum absolute atomic E-state index is 0.229. The Morgan fingerprint density at radius 1 is 1.08 bits per heavy atom. The maximum absolute atomic E-state index is 13.8. The molecule has 1 aliphatic heterocycles. The van der Waals surface area contributed by atoms with E-state index >= 15 is 0 Å². The zero-order chi connectivity index (χ0) is 17.8. The number of benzene rings is 1. The lowest BCUT2D eigenvalue weighted by Crippen LogP contribution is -2.48. The van der Waals surface area contributed by atoms with Crippen LogP contribution in [0.15, 0.2) is 42.7 Å². The largest absolute Gasteiger partial charge is 0.387 e. The van der Waals surface area contributed by atoms with Crippen LogP contribution in [0, 0.1) is 11.6 Å². The van der Waals surface area contributed by atoms with Crippen molar-refractivity contribution in [1.29, 1.82) is 0 Å². The zero-order valence-electron chi connectivity index (χ0n) is 14.3. The van der Waals surface area contributed by atoms with Crippen molar-refractivity contribution in [2.45, 2.75) is 19.1 Å².